The minimum Gasteiger partial charge on any atom is -0.311 e. The summed E-state index contributed by atoms with van der Waals surface area (Å²) in [5, 5.41) is 1.34. The van der Waals surface area contributed by atoms with E-state index in [2.05, 4.69) is 259 Å². The average molecular weight is 859 g/mol. The van der Waals surface area contributed by atoms with Crippen molar-refractivity contribution >= 4 is 85.2 Å². The summed E-state index contributed by atoms with van der Waals surface area (Å²) in [6.07, 6.45) is 0. The van der Waals surface area contributed by atoms with Gasteiger partial charge in [-0.15, -0.1) is 0 Å². The zero-order valence-corrected chi connectivity index (χ0v) is 38.1. The second-order valence-electron chi connectivity index (χ2n) is 19.8. The molecule has 1 aliphatic carbocycles. The molecule has 0 unspecified atom stereocenters. The van der Waals surface area contributed by atoms with Gasteiger partial charge in [0.1, 0.15) is 0 Å². The van der Waals surface area contributed by atoms with Crippen LogP contribution in [-0.4, -0.2) is 11.3 Å². The first-order chi connectivity index (χ1) is 32.8. The fourth-order valence-electron chi connectivity index (χ4n) is 12.4. The average Bonchev–Trinajstić information content (AvgIpc) is 3.84. The SMILES string of the molecule is CC1(C)c2cccc(c2)N(c2ccccc2)c2ccc3c(c2)N(c2cccc1c2)c1cc(N(c2ccccc2)c2ccccc2)cc2c1B3c1cccc3c4c(n-2c13)-c1ccccc1C4(C)C. The molecule has 4 heterocycles. The van der Waals surface area contributed by atoms with Gasteiger partial charge in [-0.2, -0.15) is 0 Å². The van der Waals surface area contributed by atoms with Crippen molar-refractivity contribution in [3.05, 3.63) is 235 Å². The van der Waals surface area contributed by atoms with Crippen molar-refractivity contribution in [2.75, 3.05) is 14.7 Å². The first-order valence-corrected chi connectivity index (χ1v) is 23.6. The normalized spacial score (nSPS) is 15.0. The van der Waals surface area contributed by atoms with Crippen molar-refractivity contribution in [1.82, 2.24) is 4.57 Å². The van der Waals surface area contributed by atoms with Crippen LogP contribution in [0.25, 0.3) is 27.8 Å². The van der Waals surface area contributed by atoms with Gasteiger partial charge in [0, 0.05) is 78.5 Å². The van der Waals surface area contributed by atoms with Crippen LogP contribution in [0.15, 0.2) is 212 Å². The van der Waals surface area contributed by atoms with E-state index in [1.54, 1.807) is 0 Å². The first-order valence-electron chi connectivity index (χ1n) is 23.6. The smallest absolute Gasteiger partial charge is 0.252 e. The molecule has 0 saturated heterocycles. The monoisotopic (exact) mass is 858 g/mol. The number of fused-ring (bicyclic) bond motifs is 15. The van der Waals surface area contributed by atoms with Crippen LogP contribution in [-0.2, 0) is 10.8 Å². The lowest BCUT2D eigenvalue weighted by molar-refractivity contribution is 0.641. The predicted molar refractivity (Wildman–Crippen MR) is 282 cm³/mol. The van der Waals surface area contributed by atoms with Crippen LogP contribution >= 0.6 is 0 Å². The van der Waals surface area contributed by atoms with Crippen LogP contribution in [0, 0.1) is 0 Å². The third-order valence-corrected chi connectivity index (χ3v) is 15.5. The number of hydrogen-bond donors (Lipinski definition) is 0. The second-order valence-corrected chi connectivity index (χ2v) is 19.8. The quantitative estimate of drug-likeness (QED) is 0.164. The molecule has 0 saturated carbocycles. The molecule has 1 aromatic heterocycles. The van der Waals surface area contributed by atoms with Crippen LogP contribution in [0.3, 0.4) is 0 Å². The van der Waals surface area contributed by atoms with Gasteiger partial charge in [-0.25, -0.2) is 0 Å². The summed E-state index contributed by atoms with van der Waals surface area (Å²) < 4.78 is 2.67. The molecule has 0 N–H and O–H groups in total. The molecule has 5 heteroatoms. The molecule has 0 spiro atoms. The molecule has 9 aromatic carbocycles. The third kappa shape index (κ3) is 5.25. The maximum absolute atomic E-state index is 2.67. The van der Waals surface area contributed by atoms with Gasteiger partial charge in [0.05, 0.1) is 11.4 Å². The van der Waals surface area contributed by atoms with Crippen LogP contribution in [0.2, 0.25) is 0 Å². The number of aromatic nitrogens is 1. The summed E-state index contributed by atoms with van der Waals surface area (Å²) in [5.74, 6) is 0. The molecule has 6 bridgehead atoms. The van der Waals surface area contributed by atoms with Crippen LogP contribution in [0.5, 0.6) is 0 Å². The maximum Gasteiger partial charge on any atom is 0.252 e. The molecule has 67 heavy (non-hydrogen) atoms. The number of nitrogens with zero attached hydrogens (tertiary/aromatic N) is 4. The molecule has 10 aromatic rings. The topological polar surface area (TPSA) is 14.7 Å². The zero-order valence-electron chi connectivity index (χ0n) is 38.1. The molecule has 318 valence electrons. The van der Waals surface area contributed by atoms with Crippen molar-refractivity contribution in [3.63, 3.8) is 0 Å². The molecule has 4 nitrogen and oxygen atoms in total. The fourth-order valence-corrected chi connectivity index (χ4v) is 12.4. The zero-order chi connectivity index (χ0) is 44.8. The molecular formula is C62H47BN4. The molecule has 14 rings (SSSR count). The lowest BCUT2D eigenvalue weighted by atomic mass is 9.33. The Morgan fingerprint density at radius 1 is 0.418 bits per heavy atom. The van der Waals surface area contributed by atoms with E-state index in [1.807, 2.05) is 0 Å². The van der Waals surface area contributed by atoms with Gasteiger partial charge < -0.3 is 19.3 Å². The fraction of sp³-hybridized carbons (Fsp3) is 0.0968. The standard InChI is InChI=1S/C62H47BN4/c1-61(2)40-19-16-27-45(35-40)65(44-25-12-7-13-26-44)47-33-34-52-54(37-47)66(46-28-17-20-41(61)36-46)55-38-48(64(42-21-8-5-9-22-42)43-23-10-6-11-24-43)39-56-58(55)63(52)53-32-18-30-50-57-60(67(56)59(50)53)49-29-14-15-31-51(49)62(57,3)4/h5-39H,1-4H3. The number of hydrogen-bond acceptors (Lipinski definition) is 3. The molecule has 4 aliphatic rings. The Morgan fingerprint density at radius 2 is 1.00 bits per heavy atom. The molecule has 3 aliphatic heterocycles. The number of para-hydroxylation sites is 4. The minimum atomic E-state index is -0.294. The van der Waals surface area contributed by atoms with E-state index in [4.69, 9.17) is 0 Å². The summed E-state index contributed by atoms with van der Waals surface area (Å²) >= 11 is 0. The Bertz CT molecular complexity index is 3630. The van der Waals surface area contributed by atoms with Gasteiger partial charge >= 0.3 is 0 Å². The minimum absolute atomic E-state index is 0.0214. The summed E-state index contributed by atoms with van der Waals surface area (Å²) in [5.41, 5.74) is 24.2. The van der Waals surface area contributed by atoms with Crippen molar-refractivity contribution in [1.29, 1.82) is 0 Å². The number of benzene rings is 9. The van der Waals surface area contributed by atoms with E-state index < -0.39 is 0 Å². The Kier molecular flexibility index (Phi) is 7.86. The van der Waals surface area contributed by atoms with E-state index in [0.717, 1.165) is 39.8 Å². The van der Waals surface area contributed by atoms with Gasteiger partial charge in [-0.3, -0.25) is 0 Å². The first kappa shape index (κ1) is 38.3. The Labute approximate surface area is 392 Å². The predicted octanol–water partition coefficient (Wildman–Crippen LogP) is 14.1. The highest BCUT2D eigenvalue weighted by molar-refractivity contribution is 7.00. The van der Waals surface area contributed by atoms with Crippen molar-refractivity contribution in [2.24, 2.45) is 0 Å². The maximum atomic E-state index is 2.67. The largest absolute Gasteiger partial charge is 0.311 e. The third-order valence-electron chi connectivity index (χ3n) is 15.5. The van der Waals surface area contributed by atoms with Crippen LogP contribution in [0.1, 0.15) is 49.9 Å². The van der Waals surface area contributed by atoms with Crippen molar-refractivity contribution < 1.29 is 0 Å². The van der Waals surface area contributed by atoms with Gasteiger partial charge in [0.25, 0.3) is 6.71 Å². The van der Waals surface area contributed by atoms with E-state index >= 15 is 0 Å². The highest BCUT2D eigenvalue weighted by atomic mass is 15.2. The summed E-state index contributed by atoms with van der Waals surface area (Å²) in [6, 6.07) is 79.6. The van der Waals surface area contributed by atoms with Gasteiger partial charge in [0.15, 0.2) is 0 Å². The lowest BCUT2D eigenvalue weighted by Gasteiger charge is -2.42. The van der Waals surface area contributed by atoms with Crippen molar-refractivity contribution in [2.45, 2.75) is 38.5 Å². The molecule has 0 radical (unpaired) electrons. The summed E-state index contributed by atoms with van der Waals surface area (Å²) in [6.45, 7) is 9.56. The van der Waals surface area contributed by atoms with E-state index in [0.29, 0.717) is 0 Å². The molecular weight excluding hydrogens is 812 g/mol. The van der Waals surface area contributed by atoms with Crippen LogP contribution < -0.4 is 31.1 Å². The highest BCUT2D eigenvalue weighted by Crippen LogP contribution is 2.55. The van der Waals surface area contributed by atoms with E-state index in [1.165, 1.54) is 77.9 Å². The van der Waals surface area contributed by atoms with E-state index in [-0.39, 0.29) is 17.5 Å². The number of anilines is 9. The second kappa shape index (κ2) is 13.8. The summed E-state index contributed by atoms with van der Waals surface area (Å²) in [7, 11) is 0. The Morgan fingerprint density at radius 3 is 1.70 bits per heavy atom. The Hall–Kier alpha value is -8.02. The molecule has 0 amide bonds. The van der Waals surface area contributed by atoms with Gasteiger partial charge in [0.2, 0.25) is 0 Å². The lowest BCUT2D eigenvalue weighted by Crippen LogP contribution is -2.60. The number of rotatable bonds is 4. The molecule has 0 fully saturated rings. The van der Waals surface area contributed by atoms with E-state index in [9.17, 15) is 0 Å². The summed E-state index contributed by atoms with van der Waals surface area (Å²) in [4.78, 5) is 7.47. The van der Waals surface area contributed by atoms with Crippen molar-refractivity contribution in [3.8, 4) is 16.9 Å². The van der Waals surface area contributed by atoms with Gasteiger partial charge in [-0.05, 0) is 124 Å². The molecule has 0 atom stereocenters. The Balaban J connectivity index is 1.15. The van der Waals surface area contributed by atoms with Gasteiger partial charge in [-0.1, -0.05) is 155 Å². The highest BCUT2D eigenvalue weighted by Gasteiger charge is 2.47. The van der Waals surface area contributed by atoms with Crippen LogP contribution in [0.4, 0.5) is 51.2 Å².